The van der Waals surface area contributed by atoms with Gasteiger partial charge in [0, 0.05) is 5.75 Å². The maximum atomic E-state index is 13.0. The van der Waals surface area contributed by atoms with Gasteiger partial charge in [0.25, 0.3) is 0 Å². The van der Waals surface area contributed by atoms with E-state index in [1.54, 1.807) is 12.1 Å². The normalized spacial score (nSPS) is 32.7. The van der Waals surface area contributed by atoms with Crippen molar-refractivity contribution in [2.45, 2.75) is 42.2 Å². The third-order valence-corrected chi connectivity index (χ3v) is 11.9. The molecule has 0 aromatic heterocycles. The molecule has 0 radical (unpaired) electrons. The molecule has 1 aliphatic carbocycles. The van der Waals surface area contributed by atoms with Gasteiger partial charge in [0.05, 0.1) is 0 Å². The van der Waals surface area contributed by atoms with Crippen LogP contribution in [0.25, 0.3) is 0 Å². The van der Waals surface area contributed by atoms with E-state index in [1.165, 1.54) is 42.8 Å². The standard InChI is InChI=1S/C15H21FS2/c16-13-7-9-15(10-8-13)18-12-4-11-17(18)14-5-2-1-3-6-14/h4,7-11,14,17-18H,1-3,5-6,12H2. The van der Waals surface area contributed by atoms with E-state index in [1.807, 2.05) is 12.1 Å². The smallest absolute Gasteiger partial charge is 0.123 e. The summed E-state index contributed by atoms with van der Waals surface area (Å²) in [5, 5.41) is 3.46. The van der Waals surface area contributed by atoms with Gasteiger partial charge >= 0.3 is 0 Å². The summed E-state index contributed by atoms with van der Waals surface area (Å²) in [5.74, 6) is 1.12. The number of thiol groups is 2. The lowest BCUT2D eigenvalue weighted by molar-refractivity contribution is 0.516. The van der Waals surface area contributed by atoms with Crippen LogP contribution in [0.3, 0.4) is 0 Å². The van der Waals surface area contributed by atoms with Crippen LogP contribution in [0.2, 0.25) is 0 Å². The molecule has 1 aromatic rings. The highest BCUT2D eigenvalue weighted by Gasteiger charge is 2.26. The summed E-state index contributed by atoms with van der Waals surface area (Å²) in [6.45, 7) is 0. The first-order valence-electron chi connectivity index (χ1n) is 6.82. The fourth-order valence-electron chi connectivity index (χ4n) is 2.95. The fraction of sp³-hybridized carbons (Fsp3) is 0.467. The van der Waals surface area contributed by atoms with Gasteiger partial charge in [-0.25, -0.2) is 4.39 Å². The van der Waals surface area contributed by atoms with Crippen molar-refractivity contribution in [2.75, 3.05) is 5.75 Å². The Bertz CT molecular complexity index is 421. The molecule has 3 rings (SSSR count). The summed E-state index contributed by atoms with van der Waals surface area (Å²) in [6.07, 6.45) is 9.51. The fourth-order valence-corrected chi connectivity index (χ4v) is 11.3. The third kappa shape index (κ3) is 2.62. The highest BCUT2D eigenvalue weighted by atomic mass is 33.2. The second-order valence-electron chi connectivity index (χ2n) is 5.12. The first-order chi connectivity index (χ1) is 8.84. The van der Waals surface area contributed by atoms with Crippen molar-refractivity contribution in [3.8, 4) is 0 Å². The minimum atomic E-state index is -0.108. The molecule has 0 spiro atoms. The van der Waals surface area contributed by atoms with Gasteiger partial charge in [-0.2, -0.15) is 19.9 Å². The first-order valence-corrected chi connectivity index (χ1v) is 10.5. The van der Waals surface area contributed by atoms with E-state index in [0.717, 1.165) is 5.25 Å². The molecule has 1 fully saturated rings. The summed E-state index contributed by atoms with van der Waals surface area (Å²) >= 11 is 0. The van der Waals surface area contributed by atoms with Gasteiger partial charge < -0.3 is 0 Å². The van der Waals surface area contributed by atoms with Crippen LogP contribution in [-0.2, 0) is 0 Å². The number of hydrogen-bond acceptors (Lipinski definition) is 0. The van der Waals surface area contributed by atoms with Crippen LogP contribution in [0.4, 0.5) is 4.39 Å². The lowest BCUT2D eigenvalue weighted by Crippen LogP contribution is -2.11. The molecule has 100 valence electrons. The molecule has 2 aliphatic rings. The molecule has 0 saturated heterocycles. The molecule has 0 nitrogen and oxygen atoms in total. The summed E-state index contributed by atoms with van der Waals surface area (Å²) < 4.78 is 13.0. The quantitative estimate of drug-likeness (QED) is 0.556. The minimum absolute atomic E-state index is 0.0492. The first kappa shape index (κ1) is 12.6. The monoisotopic (exact) mass is 284 g/mol. The molecule has 2 atom stereocenters. The SMILES string of the molecule is Fc1ccc([SH]2CC=C[SH]2C2CCCCC2)cc1. The van der Waals surface area contributed by atoms with Crippen LogP contribution in [0.5, 0.6) is 0 Å². The molecule has 0 bridgehead atoms. The third-order valence-electron chi connectivity index (χ3n) is 3.89. The average molecular weight is 284 g/mol. The van der Waals surface area contributed by atoms with E-state index < -0.39 is 0 Å². The Morgan fingerprint density at radius 3 is 2.44 bits per heavy atom. The molecular formula is C15H21FS2. The van der Waals surface area contributed by atoms with Gasteiger partial charge in [0.1, 0.15) is 5.82 Å². The molecule has 1 aliphatic heterocycles. The summed E-state index contributed by atoms with van der Waals surface area (Å²) in [4.78, 5) is 1.41. The zero-order valence-electron chi connectivity index (χ0n) is 10.6. The van der Waals surface area contributed by atoms with Crippen molar-refractivity contribution in [2.24, 2.45) is 0 Å². The van der Waals surface area contributed by atoms with Crippen LogP contribution in [-0.4, -0.2) is 11.0 Å². The average Bonchev–Trinajstić information content (AvgIpc) is 2.90. The largest absolute Gasteiger partial charge is 0.207 e. The predicted octanol–water partition coefficient (Wildman–Crippen LogP) is 4.96. The molecule has 1 saturated carbocycles. The van der Waals surface area contributed by atoms with Gasteiger partial charge in [-0.15, -0.1) is 0 Å². The maximum Gasteiger partial charge on any atom is 0.123 e. The lowest BCUT2D eigenvalue weighted by atomic mass is 10.0. The van der Waals surface area contributed by atoms with Crippen molar-refractivity contribution >= 4 is 19.9 Å². The Hall–Kier alpha value is -0.410. The number of benzene rings is 1. The molecule has 1 aromatic carbocycles. The van der Waals surface area contributed by atoms with Crippen molar-refractivity contribution in [3.63, 3.8) is 0 Å². The predicted molar refractivity (Wildman–Crippen MR) is 83.5 cm³/mol. The second kappa shape index (κ2) is 5.70. The molecule has 3 heteroatoms. The summed E-state index contributed by atoms with van der Waals surface area (Å²) in [7, 11) is -0.00268. The van der Waals surface area contributed by atoms with E-state index in [4.69, 9.17) is 0 Å². The highest BCUT2D eigenvalue weighted by Crippen LogP contribution is 2.67. The Balaban J connectivity index is 1.77. The van der Waals surface area contributed by atoms with Gasteiger partial charge in [-0.05, 0) is 52.7 Å². The molecule has 18 heavy (non-hydrogen) atoms. The molecule has 0 amide bonds. The number of rotatable bonds is 2. The van der Waals surface area contributed by atoms with Gasteiger partial charge in [0.2, 0.25) is 0 Å². The number of hydrogen-bond donors (Lipinski definition) is 2. The van der Waals surface area contributed by atoms with Crippen LogP contribution >= 0.6 is 19.9 Å². The Kier molecular flexibility index (Phi) is 4.00. The molecule has 1 heterocycles. The van der Waals surface area contributed by atoms with Crippen molar-refractivity contribution in [1.29, 1.82) is 0 Å². The lowest BCUT2D eigenvalue weighted by Gasteiger charge is -2.37. The molecular weight excluding hydrogens is 263 g/mol. The number of halogens is 1. The van der Waals surface area contributed by atoms with Crippen LogP contribution in [0.15, 0.2) is 40.6 Å². The Morgan fingerprint density at radius 2 is 1.72 bits per heavy atom. The second-order valence-corrected chi connectivity index (χ2v) is 11.4. The topological polar surface area (TPSA) is 0 Å². The van der Waals surface area contributed by atoms with Crippen LogP contribution in [0, 0.1) is 5.82 Å². The highest BCUT2D eigenvalue weighted by molar-refractivity contribution is 8.94. The van der Waals surface area contributed by atoms with Gasteiger partial charge in [0.15, 0.2) is 0 Å². The van der Waals surface area contributed by atoms with E-state index in [0.29, 0.717) is 0 Å². The van der Waals surface area contributed by atoms with Crippen molar-refractivity contribution in [1.82, 2.24) is 0 Å². The molecule has 0 N–H and O–H groups in total. The van der Waals surface area contributed by atoms with E-state index >= 15 is 0 Å². The van der Waals surface area contributed by atoms with E-state index in [-0.39, 0.29) is 25.7 Å². The van der Waals surface area contributed by atoms with E-state index in [9.17, 15) is 4.39 Å². The van der Waals surface area contributed by atoms with Gasteiger partial charge in [-0.1, -0.05) is 25.3 Å². The Morgan fingerprint density at radius 1 is 1.00 bits per heavy atom. The molecule has 2 unspecified atom stereocenters. The van der Waals surface area contributed by atoms with Crippen LogP contribution < -0.4 is 0 Å². The zero-order valence-corrected chi connectivity index (χ0v) is 12.3. The maximum absolute atomic E-state index is 13.0. The van der Waals surface area contributed by atoms with Gasteiger partial charge in [-0.3, -0.25) is 0 Å². The minimum Gasteiger partial charge on any atom is -0.207 e. The van der Waals surface area contributed by atoms with Crippen LogP contribution in [0.1, 0.15) is 32.1 Å². The Labute approximate surface area is 114 Å². The van der Waals surface area contributed by atoms with Crippen molar-refractivity contribution < 1.29 is 4.39 Å². The summed E-state index contributed by atoms with van der Waals surface area (Å²) in [6, 6.07) is 7.30. The van der Waals surface area contributed by atoms with Crippen molar-refractivity contribution in [3.05, 3.63) is 41.6 Å². The summed E-state index contributed by atoms with van der Waals surface area (Å²) in [5.41, 5.74) is 0. The zero-order chi connectivity index (χ0) is 12.4. The van der Waals surface area contributed by atoms with E-state index in [2.05, 4.69) is 11.5 Å².